The lowest BCUT2D eigenvalue weighted by Gasteiger charge is -2.22. The van der Waals surface area contributed by atoms with Crippen LogP contribution in [0.15, 0.2) is 21.8 Å². The van der Waals surface area contributed by atoms with E-state index in [1.807, 2.05) is 0 Å². The van der Waals surface area contributed by atoms with Crippen molar-refractivity contribution >= 4 is 15.9 Å². The number of anilines is 1. The quantitative estimate of drug-likeness (QED) is 0.917. The van der Waals surface area contributed by atoms with Gasteiger partial charge in [0.05, 0.1) is 17.9 Å². The van der Waals surface area contributed by atoms with Crippen LogP contribution in [0.1, 0.15) is 30.1 Å². The van der Waals surface area contributed by atoms with E-state index >= 15 is 0 Å². The van der Waals surface area contributed by atoms with Gasteiger partial charge < -0.3 is 9.26 Å². The molecule has 3 rings (SSSR count). The van der Waals surface area contributed by atoms with Crippen molar-refractivity contribution in [1.82, 2.24) is 14.9 Å². The van der Waals surface area contributed by atoms with E-state index in [4.69, 9.17) is 9.26 Å². The number of hydrogen-bond donors (Lipinski definition) is 1. The Kier molecular flexibility index (Phi) is 3.92. The molecule has 8 nitrogen and oxygen atoms in total. The largest absolute Gasteiger partial charge is 0.381 e. The molecule has 1 aliphatic heterocycles. The van der Waals surface area contributed by atoms with Gasteiger partial charge in [-0.05, 0) is 26.7 Å². The number of sulfonamides is 1. The molecule has 22 heavy (non-hydrogen) atoms. The molecule has 9 heteroatoms. The van der Waals surface area contributed by atoms with E-state index in [-0.39, 0.29) is 16.8 Å². The standard InChI is InChI=1S/C13H18N4O4S/c1-9-10(2)15-21-13(9)16-22(18,19)12-7-14-17(8-12)11-3-5-20-6-4-11/h7-8,11,16H,3-6H2,1-2H3. The summed E-state index contributed by atoms with van der Waals surface area (Å²) in [4.78, 5) is 0.104. The van der Waals surface area contributed by atoms with Crippen LogP contribution in [-0.2, 0) is 14.8 Å². The zero-order chi connectivity index (χ0) is 15.7. The van der Waals surface area contributed by atoms with Crippen LogP contribution in [0.25, 0.3) is 0 Å². The number of nitrogens with zero attached hydrogens (tertiary/aromatic N) is 3. The second-order valence-electron chi connectivity index (χ2n) is 5.33. The van der Waals surface area contributed by atoms with E-state index in [0.29, 0.717) is 24.5 Å². The van der Waals surface area contributed by atoms with Crippen LogP contribution in [0.5, 0.6) is 0 Å². The maximum atomic E-state index is 12.4. The molecule has 0 aromatic carbocycles. The highest BCUT2D eigenvalue weighted by molar-refractivity contribution is 7.92. The number of hydrogen-bond acceptors (Lipinski definition) is 6. The highest BCUT2D eigenvalue weighted by Crippen LogP contribution is 2.24. The summed E-state index contributed by atoms with van der Waals surface area (Å²) in [6.45, 7) is 4.83. The molecule has 0 bridgehead atoms. The van der Waals surface area contributed by atoms with E-state index in [9.17, 15) is 8.42 Å². The van der Waals surface area contributed by atoms with Crippen LogP contribution in [-0.4, -0.2) is 36.6 Å². The Balaban J connectivity index is 1.80. The zero-order valence-electron chi connectivity index (χ0n) is 12.4. The second kappa shape index (κ2) is 5.73. The fourth-order valence-electron chi connectivity index (χ4n) is 2.30. The van der Waals surface area contributed by atoms with Gasteiger partial charge in [-0.2, -0.15) is 5.10 Å². The number of aryl methyl sites for hydroxylation is 1. The van der Waals surface area contributed by atoms with Gasteiger partial charge in [0.15, 0.2) is 0 Å². The predicted octanol–water partition coefficient (Wildman–Crippen LogP) is 1.64. The predicted molar refractivity (Wildman–Crippen MR) is 78.1 cm³/mol. The number of rotatable bonds is 4. The zero-order valence-corrected chi connectivity index (χ0v) is 13.3. The second-order valence-corrected chi connectivity index (χ2v) is 7.01. The van der Waals surface area contributed by atoms with E-state index in [1.165, 1.54) is 12.4 Å². The average Bonchev–Trinajstić information content (AvgIpc) is 3.11. The fraction of sp³-hybridized carbons (Fsp3) is 0.538. The molecule has 0 amide bonds. The van der Waals surface area contributed by atoms with Gasteiger partial charge in [-0.1, -0.05) is 5.16 Å². The molecule has 120 valence electrons. The molecule has 3 heterocycles. The normalized spacial score (nSPS) is 16.8. The van der Waals surface area contributed by atoms with Crippen molar-refractivity contribution in [3.63, 3.8) is 0 Å². The van der Waals surface area contributed by atoms with Crippen molar-refractivity contribution in [2.75, 3.05) is 17.9 Å². The lowest BCUT2D eigenvalue weighted by Crippen LogP contribution is -2.20. The summed E-state index contributed by atoms with van der Waals surface area (Å²) in [5, 5.41) is 7.91. The number of aromatic nitrogens is 3. The Bertz CT molecular complexity index is 759. The topological polar surface area (TPSA) is 99.3 Å². The third kappa shape index (κ3) is 2.86. The fourth-order valence-corrected chi connectivity index (χ4v) is 3.29. The van der Waals surface area contributed by atoms with Gasteiger partial charge in [0, 0.05) is 25.0 Å². The van der Waals surface area contributed by atoms with Crippen molar-refractivity contribution in [2.24, 2.45) is 0 Å². The molecule has 0 saturated carbocycles. The molecule has 0 spiro atoms. The first-order valence-electron chi connectivity index (χ1n) is 7.05. The first kappa shape index (κ1) is 15.0. The average molecular weight is 326 g/mol. The third-order valence-corrected chi connectivity index (χ3v) is 5.12. The van der Waals surface area contributed by atoms with Gasteiger partial charge in [-0.3, -0.25) is 4.68 Å². The molecule has 0 atom stereocenters. The van der Waals surface area contributed by atoms with E-state index in [2.05, 4.69) is 15.0 Å². The van der Waals surface area contributed by atoms with E-state index in [1.54, 1.807) is 18.5 Å². The monoisotopic (exact) mass is 326 g/mol. The van der Waals surface area contributed by atoms with Gasteiger partial charge in [0.1, 0.15) is 4.90 Å². The van der Waals surface area contributed by atoms with Gasteiger partial charge >= 0.3 is 0 Å². The smallest absolute Gasteiger partial charge is 0.267 e. The number of ether oxygens (including phenoxy) is 1. The van der Waals surface area contributed by atoms with Gasteiger partial charge in [-0.15, -0.1) is 0 Å². The minimum Gasteiger partial charge on any atom is -0.381 e. The first-order chi connectivity index (χ1) is 10.5. The van der Waals surface area contributed by atoms with Crippen molar-refractivity contribution in [2.45, 2.75) is 37.6 Å². The summed E-state index contributed by atoms with van der Waals surface area (Å²) < 4.78 is 39.1. The van der Waals surface area contributed by atoms with Gasteiger partial charge in [0.2, 0.25) is 5.88 Å². The Hall–Kier alpha value is -1.87. The highest BCUT2D eigenvalue weighted by Gasteiger charge is 2.23. The summed E-state index contributed by atoms with van der Waals surface area (Å²) in [5.74, 6) is 0.135. The Morgan fingerprint density at radius 3 is 2.68 bits per heavy atom. The Morgan fingerprint density at radius 1 is 1.32 bits per heavy atom. The summed E-state index contributed by atoms with van der Waals surface area (Å²) in [6, 6.07) is 0.173. The lowest BCUT2D eigenvalue weighted by atomic mass is 10.1. The Labute approximate surface area is 128 Å². The van der Waals surface area contributed by atoms with Crippen LogP contribution < -0.4 is 4.72 Å². The molecule has 1 fully saturated rings. The Morgan fingerprint density at radius 2 is 2.05 bits per heavy atom. The number of nitrogens with one attached hydrogen (secondary N) is 1. The first-order valence-corrected chi connectivity index (χ1v) is 8.53. The minimum absolute atomic E-state index is 0.104. The van der Waals surface area contributed by atoms with Crippen LogP contribution >= 0.6 is 0 Å². The van der Waals surface area contributed by atoms with Crippen LogP contribution in [0.2, 0.25) is 0 Å². The lowest BCUT2D eigenvalue weighted by molar-refractivity contribution is 0.0662. The minimum atomic E-state index is -3.74. The maximum Gasteiger partial charge on any atom is 0.267 e. The van der Waals surface area contributed by atoms with Crippen LogP contribution in [0.3, 0.4) is 0 Å². The molecule has 1 aliphatic rings. The van der Waals surface area contributed by atoms with Crippen LogP contribution in [0, 0.1) is 13.8 Å². The summed E-state index contributed by atoms with van der Waals surface area (Å²) >= 11 is 0. The van der Waals surface area contributed by atoms with Crippen molar-refractivity contribution in [3.8, 4) is 0 Å². The molecule has 0 aliphatic carbocycles. The summed E-state index contributed by atoms with van der Waals surface area (Å²) in [6.07, 6.45) is 4.54. The molecular formula is C13H18N4O4S. The molecule has 2 aromatic heterocycles. The van der Waals surface area contributed by atoms with Crippen molar-refractivity contribution in [3.05, 3.63) is 23.7 Å². The van der Waals surface area contributed by atoms with Crippen molar-refractivity contribution in [1.29, 1.82) is 0 Å². The molecule has 1 saturated heterocycles. The maximum absolute atomic E-state index is 12.4. The third-order valence-electron chi connectivity index (χ3n) is 3.84. The van der Waals surface area contributed by atoms with Gasteiger partial charge in [0.25, 0.3) is 10.0 Å². The van der Waals surface area contributed by atoms with E-state index in [0.717, 1.165) is 12.8 Å². The SMILES string of the molecule is Cc1noc(NS(=O)(=O)c2cnn(C3CCOCC3)c2)c1C. The van der Waals surface area contributed by atoms with Gasteiger partial charge in [-0.25, -0.2) is 13.1 Å². The van der Waals surface area contributed by atoms with Crippen molar-refractivity contribution < 1.29 is 17.7 Å². The molecular weight excluding hydrogens is 308 g/mol. The van der Waals surface area contributed by atoms with Crippen LogP contribution in [0.4, 0.5) is 5.88 Å². The summed E-state index contributed by atoms with van der Waals surface area (Å²) in [5.41, 5.74) is 1.32. The molecule has 1 N–H and O–H groups in total. The molecule has 0 radical (unpaired) electrons. The summed E-state index contributed by atoms with van der Waals surface area (Å²) in [7, 11) is -3.74. The molecule has 0 unspecified atom stereocenters. The highest BCUT2D eigenvalue weighted by atomic mass is 32.2. The molecule has 2 aromatic rings. The van der Waals surface area contributed by atoms with E-state index < -0.39 is 10.0 Å².